The predicted octanol–water partition coefficient (Wildman–Crippen LogP) is 1.13. The maximum absolute atomic E-state index is 12.0. The highest BCUT2D eigenvalue weighted by atomic mass is 16.6. The Balaban J connectivity index is 2.17. The predicted molar refractivity (Wildman–Crippen MR) is 69.0 cm³/mol. The van der Waals surface area contributed by atoms with Gasteiger partial charge in [0, 0.05) is 30.2 Å². The van der Waals surface area contributed by atoms with Crippen molar-refractivity contribution in [1.29, 1.82) is 0 Å². The first-order valence-electron chi connectivity index (χ1n) is 5.58. The largest absolute Gasteiger partial charge is 0.390 e. The highest BCUT2D eigenvalue weighted by Gasteiger charge is 2.14. The van der Waals surface area contributed by atoms with Gasteiger partial charge < -0.3 is 10.4 Å². The van der Waals surface area contributed by atoms with E-state index in [9.17, 15) is 14.9 Å². The van der Waals surface area contributed by atoms with E-state index in [-0.39, 0.29) is 17.1 Å². The molecule has 0 aliphatic heterocycles. The highest BCUT2D eigenvalue weighted by molar-refractivity contribution is 6.03. The molecule has 8 nitrogen and oxygen atoms in total. The summed E-state index contributed by atoms with van der Waals surface area (Å²) in [4.78, 5) is 29.6. The van der Waals surface area contributed by atoms with E-state index in [0.717, 1.165) is 0 Å². The van der Waals surface area contributed by atoms with Crippen molar-refractivity contribution in [2.75, 3.05) is 5.32 Å². The summed E-state index contributed by atoms with van der Waals surface area (Å²) in [6, 6.07) is 5.37. The molecule has 2 aromatic rings. The van der Waals surface area contributed by atoms with E-state index >= 15 is 0 Å². The molecule has 1 aromatic carbocycles. The minimum Gasteiger partial charge on any atom is -0.390 e. The van der Waals surface area contributed by atoms with Crippen molar-refractivity contribution >= 4 is 17.3 Å². The number of non-ortho nitro benzene ring substituents is 1. The molecule has 20 heavy (non-hydrogen) atoms. The molecule has 2 N–H and O–H groups in total. The van der Waals surface area contributed by atoms with E-state index in [1.807, 2.05) is 0 Å². The molecule has 0 atom stereocenters. The minimum atomic E-state index is -0.545. The highest BCUT2D eigenvalue weighted by Crippen LogP contribution is 2.16. The van der Waals surface area contributed by atoms with Crippen LogP contribution < -0.4 is 5.32 Å². The second-order valence-corrected chi connectivity index (χ2v) is 3.77. The van der Waals surface area contributed by atoms with E-state index < -0.39 is 17.4 Å². The van der Waals surface area contributed by atoms with Crippen LogP contribution in [0.3, 0.4) is 0 Å². The fourth-order valence-electron chi connectivity index (χ4n) is 1.53. The lowest BCUT2D eigenvalue weighted by atomic mass is 10.2. The lowest BCUT2D eigenvalue weighted by molar-refractivity contribution is -0.384. The lowest BCUT2D eigenvalue weighted by Gasteiger charge is -2.06. The molecule has 0 unspecified atom stereocenters. The number of aliphatic hydroxyl groups is 1. The summed E-state index contributed by atoms with van der Waals surface area (Å²) < 4.78 is 0. The summed E-state index contributed by atoms with van der Waals surface area (Å²) in [7, 11) is 0. The number of aliphatic hydroxyl groups excluding tert-OH is 1. The maximum Gasteiger partial charge on any atom is 0.276 e. The zero-order chi connectivity index (χ0) is 14.5. The maximum atomic E-state index is 12.0. The van der Waals surface area contributed by atoms with Gasteiger partial charge in [-0.3, -0.25) is 19.9 Å². The van der Waals surface area contributed by atoms with E-state index in [2.05, 4.69) is 15.3 Å². The smallest absolute Gasteiger partial charge is 0.276 e. The number of amides is 1. The molecule has 0 fully saturated rings. The van der Waals surface area contributed by atoms with Crippen LogP contribution in [0.4, 0.5) is 11.4 Å². The van der Waals surface area contributed by atoms with Crippen LogP contribution in [0.1, 0.15) is 16.2 Å². The number of hydrogen-bond donors (Lipinski definition) is 2. The lowest BCUT2D eigenvalue weighted by Crippen LogP contribution is -2.17. The monoisotopic (exact) mass is 274 g/mol. The number of carbonyl (C=O) groups is 1. The third-order valence-electron chi connectivity index (χ3n) is 2.47. The van der Waals surface area contributed by atoms with Crippen molar-refractivity contribution in [3.8, 4) is 0 Å². The van der Waals surface area contributed by atoms with Gasteiger partial charge in [-0.15, -0.1) is 0 Å². The number of carbonyl (C=O) groups excluding carboxylic acids is 1. The van der Waals surface area contributed by atoms with Gasteiger partial charge in [0.25, 0.3) is 11.6 Å². The Morgan fingerprint density at radius 3 is 2.50 bits per heavy atom. The molecule has 0 aliphatic rings. The fraction of sp³-hybridized carbons (Fsp3) is 0.0833. The second-order valence-electron chi connectivity index (χ2n) is 3.77. The number of benzene rings is 1. The zero-order valence-corrected chi connectivity index (χ0v) is 10.2. The van der Waals surface area contributed by atoms with Crippen LogP contribution in [0.2, 0.25) is 0 Å². The summed E-state index contributed by atoms with van der Waals surface area (Å²) in [5.74, 6) is -0.545. The molecule has 1 amide bonds. The molecule has 8 heteroatoms. The Bertz CT molecular complexity index is 642. The first-order valence-corrected chi connectivity index (χ1v) is 5.58. The molecule has 0 spiro atoms. The van der Waals surface area contributed by atoms with Crippen LogP contribution in [0, 0.1) is 10.1 Å². The normalized spacial score (nSPS) is 10.1. The molecule has 1 aromatic heterocycles. The number of nitro benzene ring substituents is 1. The molecule has 0 radical (unpaired) electrons. The van der Waals surface area contributed by atoms with Crippen molar-refractivity contribution in [2.24, 2.45) is 0 Å². The zero-order valence-electron chi connectivity index (χ0n) is 10.2. The van der Waals surface area contributed by atoms with Crippen molar-refractivity contribution < 1.29 is 14.8 Å². The Kier molecular flexibility index (Phi) is 3.96. The topological polar surface area (TPSA) is 118 Å². The minimum absolute atomic E-state index is 0.00773. The van der Waals surface area contributed by atoms with Gasteiger partial charge in [-0.05, 0) is 12.1 Å². The summed E-state index contributed by atoms with van der Waals surface area (Å²) >= 11 is 0. The van der Waals surface area contributed by atoms with Crippen LogP contribution in [0.5, 0.6) is 0 Å². The molecule has 1 heterocycles. The van der Waals surface area contributed by atoms with Gasteiger partial charge in [-0.25, -0.2) is 4.98 Å². The third-order valence-corrected chi connectivity index (χ3v) is 2.47. The standard InChI is InChI=1S/C12H10N4O4/c17-7-10-11(14-6-5-13-10)12(18)15-8-1-3-9(4-2-8)16(19)20/h1-6,17H,7H2,(H,15,18). The molecular formula is C12H10N4O4. The van der Waals surface area contributed by atoms with Crippen molar-refractivity contribution in [3.63, 3.8) is 0 Å². The van der Waals surface area contributed by atoms with Crippen molar-refractivity contribution in [2.45, 2.75) is 6.61 Å². The number of anilines is 1. The Labute approximate surface area is 113 Å². The molecule has 102 valence electrons. The van der Waals surface area contributed by atoms with Gasteiger partial charge in [-0.1, -0.05) is 0 Å². The SMILES string of the molecule is O=C(Nc1ccc([N+](=O)[O-])cc1)c1nccnc1CO. The number of aromatic nitrogens is 2. The third kappa shape index (κ3) is 2.93. The Morgan fingerprint density at radius 2 is 1.90 bits per heavy atom. The molecular weight excluding hydrogens is 264 g/mol. The average Bonchev–Trinajstić information content (AvgIpc) is 2.47. The van der Waals surface area contributed by atoms with E-state index in [4.69, 9.17) is 5.11 Å². The summed E-state index contributed by atoms with van der Waals surface area (Å²) in [6.45, 7) is -0.406. The van der Waals surface area contributed by atoms with Crippen molar-refractivity contribution in [1.82, 2.24) is 9.97 Å². The van der Waals surface area contributed by atoms with Crippen LogP contribution >= 0.6 is 0 Å². The average molecular weight is 274 g/mol. The first-order chi connectivity index (χ1) is 9.61. The summed E-state index contributed by atoms with van der Waals surface area (Å²) in [5.41, 5.74) is 0.481. The molecule has 2 rings (SSSR count). The van der Waals surface area contributed by atoms with E-state index in [1.54, 1.807) is 0 Å². The van der Waals surface area contributed by atoms with Crippen molar-refractivity contribution in [3.05, 3.63) is 58.2 Å². The van der Waals surface area contributed by atoms with Crippen LogP contribution in [-0.2, 0) is 6.61 Å². The van der Waals surface area contributed by atoms with Crippen LogP contribution in [0.15, 0.2) is 36.7 Å². The molecule has 0 saturated heterocycles. The van der Waals surface area contributed by atoms with E-state index in [0.29, 0.717) is 5.69 Å². The van der Waals surface area contributed by atoms with E-state index in [1.165, 1.54) is 36.7 Å². The Hall–Kier alpha value is -2.87. The Morgan fingerprint density at radius 1 is 1.25 bits per heavy atom. The molecule has 0 saturated carbocycles. The number of nitro groups is 1. The quantitative estimate of drug-likeness (QED) is 0.637. The number of nitrogens with zero attached hydrogens (tertiary/aromatic N) is 3. The first kappa shape index (κ1) is 13.6. The summed E-state index contributed by atoms with van der Waals surface area (Å²) in [5, 5.41) is 22.1. The number of hydrogen-bond acceptors (Lipinski definition) is 6. The van der Waals surface area contributed by atoms with Gasteiger partial charge in [0.05, 0.1) is 17.2 Å². The number of rotatable bonds is 4. The molecule has 0 aliphatic carbocycles. The van der Waals surface area contributed by atoms with Crippen LogP contribution in [-0.4, -0.2) is 25.9 Å². The number of nitrogens with one attached hydrogen (secondary N) is 1. The van der Waals surface area contributed by atoms with Gasteiger partial charge in [0.1, 0.15) is 0 Å². The van der Waals surface area contributed by atoms with Gasteiger partial charge >= 0.3 is 0 Å². The van der Waals surface area contributed by atoms with Gasteiger partial charge in [0.15, 0.2) is 5.69 Å². The van der Waals surface area contributed by atoms with Gasteiger partial charge in [0.2, 0.25) is 0 Å². The second kappa shape index (κ2) is 5.85. The fourth-order valence-corrected chi connectivity index (χ4v) is 1.53. The summed E-state index contributed by atoms with van der Waals surface area (Å²) in [6.07, 6.45) is 2.71. The molecule has 0 bridgehead atoms. The van der Waals surface area contributed by atoms with Gasteiger partial charge in [-0.2, -0.15) is 0 Å². The van der Waals surface area contributed by atoms with Crippen LogP contribution in [0.25, 0.3) is 0 Å².